The second kappa shape index (κ2) is 8.43. The minimum atomic E-state index is -0.350. The van der Waals surface area contributed by atoms with Crippen LogP contribution < -0.4 is 5.32 Å². The van der Waals surface area contributed by atoms with E-state index in [0.717, 1.165) is 3.57 Å². The molecule has 25 heavy (non-hydrogen) atoms. The van der Waals surface area contributed by atoms with Crippen molar-refractivity contribution in [3.05, 3.63) is 68.0 Å². The normalized spacial score (nSPS) is 10.7. The quantitative estimate of drug-likeness (QED) is 0.283. The number of amides is 1. The number of hydrogen-bond donors (Lipinski definition) is 1. The van der Waals surface area contributed by atoms with E-state index < -0.39 is 0 Å². The second-order valence-electron chi connectivity index (χ2n) is 4.83. The molecule has 0 saturated heterocycles. The number of rotatable bonds is 5. The molecule has 0 fully saturated rings. The lowest BCUT2D eigenvalue weighted by Gasteiger charge is -2.03. The van der Waals surface area contributed by atoms with Crippen molar-refractivity contribution in [3.63, 3.8) is 0 Å². The summed E-state index contributed by atoms with van der Waals surface area (Å²) in [6.07, 6.45) is 0. The third-order valence-electron chi connectivity index (χ3n) is 3.12. The molecule has 1 heterocycles. The van der Waals surface area contributed by atoms with Gasteiger partial charge < -0.3 is 0 Å². The molecular weight excluding hydrogens is 496 g/mol. The van der Waals surface area contributed by atoms with Crippen molar-refractivity contribution in [2.24, 2.45) is 0 Å². The number of carbonyl (C=O) groups excluding carboxylic acids is 1. The first kappa shape index (κ1) is 18.6. The van der Waals surface area contributed by atoms with Crippen LogP contribution in [0.1, 0.15) is 15.9 Å². The van der Waals surface area contributed by atoms with Gasteiger partial charge in [0, 0.05) is 25.5 Å². The van der Waals surface area contributed by atoms with Crippen molar-refractivity contribution in [1.82, 2.24) is 10.2 Å². The van der Waals surface area contributed by atoms with Crippen LogP contribution in [-0.2, 0) is 5.75 Å². The highest BCUT2D eigenvalue weighted by Crippen LogP contribution is 2.31. The highest BCUT2D eigenvalue weighted by molar-refractivity contribution is 14.1. The van der Waals surface area contributed by atoms with E-state index in [9.17, 15) is 9.18 Å². The van der Waals surface area contributed by atoms with E-state index in [-0.39, 0.29) is 11.7 Å². The van der Waals surface area contributed by atoms with Crippen LogP contribution in [0.5, 0.6) is 0 Å². The minimum Gasteiger partial charge on any atom is -0.296 e. The number of benzene rings is 2. The molecule has 0 unspecified atom stereocenters. The van der Waals surface area contributed by atoms with Crippen LogP contribution in [0, 0.1) is 9.39 Å². The van der Waals surface area contributed by atoms with Gasteiger partial charge in [0.15, 0.2) is 4.34 Å². The Morgan fingerprint density at radius 3 is 2.84 bits per heavy atom. The summed E-state index contributed by atoms with van der Waals surface area (Å²) in [4.78, 5) is 12.2. The van der Waals surface area contributed by atoms with E-state index in [1.165, 1.54) is 29.2 Å². The van der Waals surface area contributed by atoms with Crippen LogP contribution in [0.3, 0.4) is 0 Å². The maximum absolute atomic E-state index is 13.8. The van der Waals surface area contributed by atoms with Crippen LogP contribution >= 0.6 is 57.3 Å². The van der Waals surface area contributed by atoms with E-state index >= 15 is 0 Å². The van der Waals surface area contributed by atoms with Crippen molar-refractivity contribution in [1.29, 1.82) is 0 Å². The number of nitrogens with one attached hydrogen (secondary N) is 1. The smallest absolute Gasteiger partial charge is 0.257 e. The van der Waals surface area contributed by atoms with Gasteiger partial charge in [0.25, 0.3) is 5.91 Å². The lowest BCUT2D eigenvalue weighted by atomic mass is 10.2. The molecule has 0 aliphatic rings. The highest BCUT2D eigenvalue weighted by Gasteiger charge is 2.13. The number of carbonyl (C=O) groups is 1. The molecule has 0 aliphatic heterocycles. The lowest BCUT2D eigenvalue weighted by molar-refractivity contribution is 0.102. The van der Waals surface area contributed by atoms with Gasteiger partial charge in [0.2, 0.25) is 5.13 Å². The number of halogens is 3. The summed E-state index contributed by atoms with van der Waals surface area (Å²) in [5.41, 5.74) is 0.975. The molecule has 0 bridgehead atoms. The standard InChI is InChI=1S/C16H10ClFIN3OS2/c17-12-5-2-6-13(18)11(12)8-24-16-22-21-15(25-16)20-14(23)9-3-1-4-10(19)7-9/h1-7H,8H2,(H,20,21,23). The Balaban J connectivity index is 1.64. The predicted octanol–water partition coefficient (Wildman–Crippen LogP) is 5.48. The van der Waals surface area contributed by atoms with Gasteiger partial charge in [-0.05, 0) is 52.9 Å². The van der Waals surface area contributed by atoms with Crippen molar-refractivity contribution < 1.29 is 9.18 Å². The van der Waals surface area contributed by atoms with E-state index in [0.29, 0.717) is 31.4 Å². The Morgan fingerprint density at radius 2 is 2.08 bits per heavy atom. The van der Waals surface area contributed by atoms with Crippen molar-refractivity contribution in [2.45, 2.75) is 10.1 Å². The Labute approximate surface area is 170 Å². The van der Waals surface area contributed by atoms with Gasteiger partial charge in [-0.25, -0.2) is 4.39 Å². The van der Waals surface area contributed by atoms with E-state index in [2.05, 4.69) is 38.1 Å². The van der Waals surface area contributed by atoms with E-state index in [1.54, 1.807) is 24.3 Å². The number of nitrogens with zero attached hydrogens (tertiary/aromatic N) is 2. The van der Waals surface area contributed by atoms with Crippen molar-refractivity contribution >= 4 is 68.3 Å². The van der Waals surface area contributed by atoms with Crippen LogP contribution in [0.15, 0.2) is 46.8 Å². The fraction of sp³-hybridized carbons (Fsp3) is 0.0625. The summed E-state index contributed by atoms with van der Waals surface area (Å²) < 4.78 is 15.4. The molecular formula is C16H10ClFIN3OS2. The van der Waals surface area contributed by atoms with Crippen LogP contribution in [-0.4, -0.2) is 16.1 Å². The Kier molecular flexibility index (Phi) is 6.26. The first-order valence-electron chi connectivity index (χ1n) is 6.99. The van der Waals surface area contributed by atoms with Crippen molar-refractivity contribution in [3.8, 4) is 0 Å². The molecule has 0 saturated carbocycles. The molecule has 128 valence electrons. The molecule has 1 amide bonds. The molecule has 1 N–H and O–H groups in total. The molecule has 0 spiro atoms. The maximum Gasteiger partial charge on any atom is 0.257 e. The first-order chi connectivity index (χ1) is 12.0. The summed E-state index contributed by atoms with van der Waals surface area (Å²) in [6.45, 7) is 0. The van der Waals surface area contributed by atoms with Crippen LogP contribution in [0.2, 0.25) is 5.02 Å². The maximum atomic E-state index is 13.8. The molecule has 3 rings (SSSR count). The van der Waals surface area contributed by atoms with Gasteiger partial charge in [-0.1, -0.05) is 46.8 Å². The molecule has 0 radical (unpaired) electrons. The Hall–Kier alpha value is -1.23. The van der Waals surface area contributed by atoms with Gasteiger partial charge in [-0.2, -0.15) is 0 Å². The van der Waals surface area contributed by atoms with Gasteiger partial charge in [0.05, 0.1) is 0 Å². The summed E-state index contributed by atoms with van der Waals surface area (Å²) in [5.74, 6) is -0.259. The first-order valence-corrected chi connectivity index (χ1v) is 10.2. The van der Waals surface area contributed by atoms with Gasteiger partial charge in [-0.3, -0.25) is 10.1 Å². The molecule has 2 aromatic carbocycles. The molecule has 0 aliphatic carbocycles. The zero-order chi connectivity index (χ0) is 17.8. The lowest BCUT2D eigenvalue weighted by Crippen LogP contribution is -2.11. The largest absolute Gasteiger partial charge is 0.296 e. The predicted molar refractivity (Wildman–Crippen MR) is 108 cm³/mol. The summed E-state index contributed by atoms with van der Waals surface area (Å²) in [7, 11) is 0. The SMILES string of the molecule is O=C(Nc1nnc(SCc2c(F)cccc2Cl)s1)c1cccc(I)c1. The second-order valence-corrected chi connectivity index (χ2v) is 8.68. The minimum absolute atomic E-state index is 0.247. The van der Waals surface area contributed by atoms with Crippen molar-refractivity contribution in [2.75, 3.05) is 5.32 Å². The zero-order valence-electron chi connectivity index (χ0n) is 12.5. The van der Waals surface area contributed by atoms with Gasteiger partial charge >= 0.3 is 0 Å². The summed E-state index contributed by atoms with van der Waals surface area (Å²) >= 11 is 10.7. The van der Waals surface area contributed by atoms with E-state index in [4.69, 9.17) is 11.6 Å². The monoisotopic (exact) mass is 505 g/mol. The number of hydrogen-bond acceptors (Lipinski definition) is 5. The number of thioether (sulfide) groups is 1. The van der Waals surface area contributed by atoms with Gasteiger partial charge in [0.1, 0.15) is 5.82 Å². The average Bonchev–Trinajstić information content (AvgIpc) is 3.02. The molecule has 9 heteroatoms. The fourth-order valence-corrected chi connectivity index (χ4v) is 4.56. The summed E-state index contributed by atoms with van der Waals surface area (Å²) in [6, 6.07) is 11.8. The number of anilines is 1. The zero-order valence-corrected chi connectivity index (χ0v) is 17.0. The van der Waals surface area contributed by atoms with Crippen LogP contribution in [0.25, 0.3) is 0 Å². The molecule has 0 atom stereocenters. The molecule has 1 aromatic heterocycles. The third-order valence-corrected chi connectivity index (χ3v) is 6.14. The third kappa shape index (κ3) is 4.90. The molecule has 4 nitrogen and oxygen atoms in total. The number of aromatic nitrogens is 2. The fourth-order valence-electron chi connectivity index (χ4n) is 1.92. The topological polar surface area (TPSA) is 54.9 Å². The average molecular weight is 506 g/mol. The van der Waals surface area contributed by atoms with E-state index in [1.807, 2.05) is 12.1 Å². The molecule has 3 aromatic rings. The Bertz CT molecular complexity index is 902. The summed E-state index contributed by atoms with van der Waals surface area (Å²) in [5, 5.41) is 11.4. The Morgan fingerprint density at radius 1 is 1.28 bits per heavy atom. The van der Waals surface area contributed by atoms with Crippen LogP contribution in [0.4, 0.5) is 9.52 Å². The highest BCUT2D eigenvalue weighted by atomic mass is 127. The van der Waals surface area contributed by atoms with Gasteiger partial charge in [-0.15, -0.1) is 10.2 Å².